The largest absolute Gasteiger partial charge is 0.465 e. The second-order valence-electron chi connectivity index (χ2n) is 4.75. The van der Waals surface area contributed by atoms with Crippen LogP contribution in [-0.2, 0) is 6.54 Å². The van der Waals surface area contributed by atoms with E-state index in [2.05, 4.69) is 0 Å². The predicted molar refractivity (Wildman–Crippen MR) is 71.1 cm³/mol. The Kier molecular flexibility index (Phi) is 4.35. The number of hydrogen-bond acceptors (Lipinski definition) is 3. The first-order chi connectivity index (χ1) is 9.06. The molecule has 19 heavy (non-hydrogen) atoms. The lowest BCUT2D eigenvalue weighted by atomic mass is 10.1. The lowest BCUT2D eigenvalue weighted by Crippen LogP contribution is -2.24. The number of rotatable bonds is 5. The zero-order valence-electron chi connectivity index (χ0n) is 11.1. The van der Waals surface area contributed by atoms with E-state index in [0.717, 1.165) is 11.5 Å². The highest BCUT2D eigenvalue weighted by Crippen LogP contribution is 2.18. The second kappa shape index (κ2) is 5.99. The molecule has 0 aliphatic heterocycles. The van der Waals surface area contributed by atoms with Crippen LogP contribution in [0.1, 0.15) is 23.2 Å². The van der Waals surface area contributed by atoms with Gasteiger partial charge in [0.1, 0.15) is 17.3 Å². The van der Waals surface area contributed by atoms with Crippen molar-refractivity contribution in [3.63, 3.8) is 0 Å². The Labute approximate surface area is 112 Å². The van der Waals surface area contributed by atoms with Crippen LogP contribution in [0, 0.1) is 12.7 Å². The van der Waals surface area contributed by atoms with Gasteiger partial charge in [-0.05, 0) is 32.2 Å². The average Bonchev–Trinajstić information content (AvgIpc) is 2.74. The van der Waals surface area contributed by atoms with Crippen LogP contribution in [-0.4, -0.2) is 23.6 Å². The van der Waals surface area contributed by atoms with Crippen molar-refractivity contribution < 1.29 is 13.9 Å². The fraction of sp³-hybridized carbons (Fsp3) is 0.333. The predicted octanol–water partition coefficient (Wildman–Crippen LogP) is 2.89. The monoisotopic (exact) mass is 263 g/mol. The first-order valence-corrected chi connectivity index (χ1v) is 6.22. The normalized spacial score (nSPS) is 12.9. The molecule has 2 aromatic rings. The van der Waals surface area contributed by atoms with Crippen LogP contribution in [0.3, 0.4) is 0 Å². The molecule has 0 saturated carbocycles. The molecule has 0 bridgehead atoms. The van der Waals surface area contributed by atoms with Crippen LogP contribution in [0.5, 0.6) is 0 Å². The molecule has 3 nitrogen and oxygen atoms in total. The van der Waals surface area contributed by atoms with Crippen molar-refractivity contribution in [3.8, 4) is 0 Å². The molecule has 0 aliphatic rings. The van der Waals surface area contributed by atoms with Gasteiger partial charge in [0.05, 0.1) is 12.6 Å². The Hall–Kier alpha value is -1.65. The minimum absolute atomic E-state index is 0.324. The minimum Gasteiger partial charge on any atom is -0.465 e. The van der Waals surface area contributed by atoms with Gasteiger partial charge in [-0.25, -0.2) is 4.39 Å². The van der Waals surface area contributed by atoms with Crippen LogP contribution in [0.15, 0.2) is 40.8 Å². The van der Waals surface area contributed by atoms with Crippen molar-refractivity contribution in [1.29, 1.82) is 0 Å². The summed E-state index contributed by atoms with van der Waals surface area (Å²) in [5, 5.41) is 10.0. The van der Waals surface area contributed by atoms with Gasteiger partial charge < -0.3 is 9.52 Å². The standard InChI is InChI=1S/C15H18FNO2/c1-11-7-8-12(19-11)9-17(2)10-15(18)13-5-3-4-6-14(13)16/h3-8,15,18H,9-10H2,1-2H3. The van der Waals surface area contributed by atoms with E-state index < -0.39 is 6.10 Å². The number of aryl methyl sites for hydroxylation is 1. The quantitative estimate of drug-likeness (QED) is 0.901. The maximum atomic E-state index is 13.5. The molecule has 0 fully saturated rings. The number of halogens is 1. The van der Waals surface area contributed by atoms with Crippen LogP contribution in [0.2, 0.25) is 0 Å². The molecule has 1 atom stereocenters. The Morgan fingerprint density at radius 2 is 2.00 bits per heavy atom. The second-order valence-corrected chi connectivity index (χ2v) is 4.75. The van der Waals surface area contributed by atoms with Crippen LogP contribution >= 0.6 is 0 Å². The first-order valence-electron chi connectivity index (χ1n) is 6.22. The molecule has 1 unspecified atom stereocenters. The third-order valence-corrected chi connectivity index (χ3v) is 2.97. The minimum atomic E-state index is -0.845. The molecule has 2 rings (SSSR count). The molecule has 0 amide bonds. The SMILES string of the molecule is Cc1ccc(CN(C)CC(O)c2ccccc2F)o1. The highest BCUT2D eigenvalue weighted by Gasteiger charge is 2.15. The Bertz CT molecular complexity index is 538. The summed E-state index contributed by atoms with van der Waals surface area (Å²) in [7, 11) is 1.86. The fourth-order valence-corrected chi connectivity index (χ4v) is 2.04. The van der Waals surface area contributed by atoms with E-state index in [0.29, 0.717) is 18.7 Å². The third-order valence-electron chi connectivity index (χ3n) is 2.97. The van der Waals surface area contributed by atoms with E-state index in [4.69, 9.17) is 4.42 Å². The van der Waals surface area contributed by atoms with Gasteiger partial charge in [0.2, 0.25) is 0 Å². The van der Waals surface area contributed by atoms with Gasteiger partial charge in [0.25, 0.3) is 0 Å². The number of likely N-dealkylation sites (N-methyl/N-ethyl adjacent to an activating group) is 1. The van der Waals surface area contributed by atoms with Gasteiger partial charge in [-0.1, -0.05) is 18.2 Å². The van der Waals surface area contributed by atoms with Gasteiger partial charge >= 0.3 is 0 Å². The summed E-state index contributed by atoms with van der Waals surface area (Å²) < 4.78 is 19.0. The lowest BCUT2D eigenvalue weighted by molar-refractivity contribution is 0.117. The lowest BCUT2D eigenvalue weighted by Gasteiger charge is -2.20. The first kappa shape index (κ1) is 13.8. The summed E-state index contributed by atoms with van der Waals surface area (Å²) >= 11 is 0. The van der Waals surface area contributed by atoms with Gasteiger partial charge in [0, 0.05) is 12.1 Å². The number of benzene rings is 1. The molecular weight excluding hydrogens is 245 g/mol. The third kappa shape index (κ3) is 3.66. The van der Waals surface area contributed by atoms with E-state index >= 15 is 0 Å². The van der Waals surface area contributed by atoms with Crippen molar-refractivity contribution in [3.05, 3.63) is 59.3 Å². The molecule has 1 heterocycles. The molecule has 1 aromatic heterocycles. The van der Waals surface area contributed by atoms with Crippen LogP contribution < -0.4 is 0 Å². The average molecular weight is 263 g/mol. The number of nitrogens with zero attached hydrogens (tertiary/aromatic N) is 1. The van der Waals surface area contributed by atoms with Crippen molar-refractivity contribution in [2.45, 2.75) is 19.6 Å². The summed E-state index contributed by atoms with van der Waals surface area (Å²) in [5.74, 6) is 1.32. The van der Waals surface area contributed by atoms with E-state index in [9.17, 15) is 9.50 Å². The zero-order valence-corrected chi connectivity index (χ0v) is 11.1. The molecule has 1 N–H and O–H groups in total. The molecule has 1 aromatic carbocycles. The van der Waals surface area contributed by atoms with Gasteiger partial charge in [-0.2, -0.15) is 0 Å². The molecule has 0 aliphatic carbocycles. The highest BCUT2D eigenvalue weighted by molar-refractivity contribution is 5.20. The Morgan fingerprint density at radius 3 is 2.63 bits per heavy atom. The summed E-state index contributed by atoms with van der Waals surface area (Å²) in [6.45, 7) is 2.82. The number of aliphatic hydroxyl groups is 1. The van der Waals surface area contributed by atoms with Crippen molar-refractivity contribution >= 4 is 0 Å². The zero-order chi connectivity index (χ0) is 13.8. The summed E-state index contributed by atoms with van der Waals surface area (Å²) in [6, 6.07) is 10.1. The maximum Gasteiger partial charge on any atom is 0.129 e. The van der Waals surface area contributed by atoms with Crippen molar-refractivity contribution in [2.24, 2.45) is 0 Å². The molecule has 102 valence electrons. The Balaban J connectivity index is 1.95. The molecule has 4 heteroatoms. The molecule has 0 spiro atoms. The van der Waals surface area contributed by atoms with E-state index in [1.807, 2.05) is 31.0 Å². The van der Waals surface area contributed by atoms with Gasteiger partial charge in [0.15, 0.2) is 0 Å². The highest BCUT2D eigenvalue weighted by atomic mass is 19.1. The van der Waals surface area contributed by atoms with E-state index in [-0.39, 0.29) is 5.82 Å². The molecule has 0 radical (unpaired) electrons. The number of furan rings is 1. The van der Waals surface area contributed by atoms with Crippen LogP contribution in [0.4, 0.5) is 4.39 Å². The van der Waals surface area contributed by atoms with Crippen molar-refractivity contribution in [2.75, 3.05) is 13.6 Å². The molecule has 0 saturated heterocycles. The smallest absolute Gasteiger partial charge is 0.129 e. The summed E-state index contributed by atoms with van der Waals surface area (Å²) in [5.41, 5.74) is 0.324. The summed E-state index contributed by atoms with van der Waals surface area (Å²) in [4.78, 5) is 1.90. The molecular formula is C15H18FNO2. The van der Waals surface area contributed by atoms with Crippen molar-refractivity contribution in [1.82, 2.24) is 4.90 Å². The summed E-state index contributed by atoms with van der Waals surface area (Å²) in [6.07, 6.45) is -0.845. The fourth-order valence-electron chi connectivity index (χ4n) is 2.04. The van der Waals surface area contributed by atoms with E-state index in [1.54, 1.807) is 18.2 Å². The maximum absolute atomic E-state index is 13.5. The topological polar surface area (TPSA) is 36.6 Å². The van der Waals surface area contributed by atoms with Gasteiger partial charge in [-0.3, -0.25) is 4.90 Å². The number of aliphatic hydroxyl groups excluding tert-OH is 1. The van der Waals surface area contributed by atoms with Crippen LogP contribution in [0.25, 0.3) is 0 Å². The Morgan fingerprint density at radius 1 is 1.26 bits per heavy atom. The van der Waals surface area contributed by atoms with Gasteiger partial charge in [-0.15, -0.1) is 0 Å². The number of hydrogen-bond donors (Lipinski definition) is 1. The van der Waals surface area contributed by atoms with E-state index in [1.165, 1.54) is 6.07 Å².